The van der Waals surface area contributed by atoms with Crippen molar-refractivity contribution in [2.75, 3.05) is 46.0 Å². The number of amides is 1. The quantitative estimate of drug-likeness (QED) is 0.592. The molecule has 0 aliphatic carbocycles. The third kappa shape index (κ3) is 9.28. The van der Waals surface area contributed by atoms with Gasteiger partial charge in [-0.15, -0.1) is 0 Å². The van der Waals surface area contributed by atoms with Crippen LogP contribution in [0.3, 0.4) is 0 Å². The number of hydrogen-bond acceptors (Lipinski definition) is 4. The molecule has 0 aromatic rings. The summed E-state index contributed by atoms with van der Waals surface area (Å²) in [6.45, 7) is 14.2. The van der Waals surface area contributed by atoms with Crippen molar-refractivity contribution in [1.29, 1.82) is 0 Å². The van der Waals surface area contributed by atoms with Crippen LogP contribution in [0.15, 0.2) is 0 Å². The third-order valence-electron chi connectivity index (χ3n) is 4.41. The molecule has 0 aromatic heterocycles. The van der Waals surface area contributed by atoms with Gasteiger partial charge in [0.05, 0.1) is 19.3 Å². The Morgan fingerprint density at radius 2 is 2.17 bits per heavy atom. The molecule has 5 nitrogen and oxygen atoms in total. The second kappa shape index (κ2) is 11.8. The van der Waals surface area contributed by atoms with Crippen LogP contribution >= 0.6 is 0 Å². The normalized spacial score (nSPS) is 20.7. The van der Waals surface area contributed by atoms with E-state index in [2.05, 4.69) is 24.1 Å². The van der Waals surface area contributed by atoms with Gasteiger partial charge in [0.2, 0.25) is 5.91 Å². The van der Waals surface area contributed by atoms with Gasteiger partial charge in [-0.2, -0.15) is 0 Å². The van der Waals surface area contributed by atoms with E-state index in [0.29, 0.717) is 6.54 Å². The van der Waals surface area contributed by atoms with Gasteiger partial charge in [-0.3, -0.25) is 9.69 Å². The molecular formula is C18H38N2O3. The van der Waals surface area contributed by atoms with Crippen LogP contribution in [0.1, 0.15) is 48.4 Å². The maximum Gasteiger partial charge on any atom is 0.222 e. The van der Waals surface area contributed by atoms with Crippen molar-refractivity contribution in [2.45, 2.75) is 53.1 Å². The lowest BCUT2D eigenvalue weighted by Crippen LogP contribution is -2.48. The molecule has 1 unspecified atom stereocenters. The lowest BCUT2D eigenvalue weighted by atomic mass is 10.1. The van der Waals surface area contributed by atoms with E-state index in [0.717, 1.165) is 58.2 Å². The molecule has 1 fully saturated rings. The first kappa shape index (κ1) is 20.4. The highest BCUT2D eigenvalue weighted by atomic mass is 16.5. The van der Waals surface area contributed by atoms with Gasteiger partial charge >= 0.3 is 0 Å². The highest BCUT2D eigenvalue weighted by Gasteiger charge is 2.21. The monoisotopic (exact) mass is 330 g/mol. The zero-order chi connectivity index (χ0) is 17.1. The smallest absolute Gasteiger partial charge is 0.222 e. The molecular weight excluding hydrogens is 292 g/mol. The average Bonchev–Trinajstić information content (AvgIpc) is 2.55. The van der Waals surface area contributed by atoms with Gasteiger partial charge in [0.15, 0.2) is 0 Å². The van der Waals surface area contributed by atoms with Crippen LogP contribution < -0.4 is 5.32 Å². The van der Waals surface area contributed by atoms with E-state index in [4.69, 9.17) is 9.47 Å². The average molecular weight is 331 g/mol. The third-order valence-corrected chi connectivity index (χ3v) is 4.41. The molecule has 0 saturated carbocycles. The summed E-state index contributed by atoms with van der Waals surface area (Å²) in [5.74, 6) is 0.958. The van der Waals surface area contributed by atoms with Crippen LogP contribution in [-0.2, 0) is 14.3 Å². The van der Waals surface area contributed by atoms with Crippen molar-refractivity contribution in [3.05, 3.63) is 0 Å². The summed E-state index contributed by atoms with van der Waals surface area (Å²) in [5.41, 5.74) is 0. The SMILES string of the molecule is CCC(C)C(=O)NC[C@H]1CN(CCOCCCC(C)C)CCO1.[HH]. The molecule has 1 aliphatic rings. The van der Waals surface area contributed by atoms with Crippen molar-refractivity contribution in [1.82, 2.24) is 10.2 Å². The topological polar surface area (TPSA) is 50.8 Å². The van der Waals surface area contributed by atoms with Crippen molar-refractivity contribution in [3.63, 3.8) is 0 Å². The predicted octanol–water partition coefficient (Wildman–Crippen LogP) is 2.55. The lowest BCUT2D eigenvalue weighted by molar-refractivity contribution is -0.125. The molecule has 0 spiro atoms. The Morgan fingerprint density at radius 3 is 2.87 bits per heavy atom. The van der Waals surface area contributed by atoms with Crippen molar-refractivity contribution in [3.8, 4) is 0 Å². The molecule has 1 aliphatic heterocycles. The minimum atomic E-state index is 0. The number of ether oxygens (including phenoxy) is 2. The molecule has 0 radical (unpaired) electrons. The minimum Gasteiger partial charge on any atom is -0.380 e. The number of morpholine rings is 1. The number of hydrogen-bond donors (Lipinski definition) is 1. The van der Waals surface area contributed by atoms with Gasteiger partial charge in [-0.25, -0.2) is 0 Å². The molecule has 0 bridgehead atoms. The Morgan fingerprint density at radius 1 is 1.39 bits per heavy atom. The van der Waals surface area contributed by atoms with E-state index in [1.807, 2.05) is 13.8 Å². The lowest BCUT2D eigenvalue weighted by Gasteiger charge is -2.33. The minimum absolute atomic E-state index is 0. The van der Waals surface area contributed by atoms with E-state index in [9.17, 15) is 4.79 Å². The molecule has 5 heteroatoms. The Labute approximate surface area is 143 Å². The summed E-state index contributed by atoms with van der Waals surface area (Å²) in [5, 5.41) is 3.00. The summed E-state index contributed by atoms with van der Waals surface area (Å²) < 4.78 is 11.5. The van der Waals surface area contributed by atoms with Gasteiger partial charge in [-0.05, 0) is 25.2 Å². The van der Waals surface area contributed by atoms with Gasteiger partial charge in [0, 0.05) is 40.1 Å². The molecule has 1 saturated heterocycles. The molecule has 0 aromatic carbocycles. The van der Waals surface area contributed by atoms with E-state index in [1.54, 1.807) is 0 Å². The first-order valence-electron chi connectivity index (χ1n) is 9.22. The first-order valence-corrected chi connectivity index (χ1v) is 9.22. The Kier molecular flexibility index (Phi) is 10.5. The first-order chi connectivity index (χ1) is 11.0. The molecule has 138 valence electrons. The standard InChI is InChI=1S/C18H36N2O3.H2/c1-5-16(4)18(21)19-13-17-14-20(9-12-23-17)8-11-22-10-6-7-15(2)3;/h15-17H,5-14H2,1-4H3,(H,19,21);1H/t16?,17-;/m0./s1. The van der Waals surface area contributed by atoms with Crippen molar-refractivity contribution >= 4 is 5.91 Å². The fourth-order valence-electron chi connectivity index (χ4n) is 2.57. The van der Waals surface area contributed by atoms with Gasteiger partial charge in [0.25, 0.3) is 0 Å². The fraction of sp³-hybridized carbons (Fsp3) is 0.944. The number of carbonyl (C=O) groups excluding carboxylic acids is 1. The summed E-state index contributed by atoms with van der Waals surface area (Å²) >= 11 is 0. The van der Waals surface area contributed by atoms with E-state index in [-0.39, 0.29) is 19.4 Å². The molecule has 23 heavy (non-hydrogen) atoms. The molecule has 1 N–H and O–H groups in total. The summed E-state index contributed by atoms with van der Waals surface area (Å²) in [6.07, 6.45) is 3.34. The van der Waals surface area contributed by atoms with E-state index in [1.165, 1.54) is 6.42 Å². The zero-order valence-electron chi connectivity index (χ0n) is 15.5. The van der Waals surface area contributed by atoms with Crippen LogP contribution in [0, 0.1) is 11.8 Å². The largest absolute Gasteiger partial charge is 0.380 e. The molecule has 1 amide bonds. The molecule has 1 rings (SSSR count). The van der Waals surface area contributed by atoms with Crippen molar-refractivity contribution in [2.24, 2.45) is 11.8 Å². The Balaban J connectivity index is 0.00000529. The van der Waals surface area contributed by atoms with Crippen molar-refractivity contribution < 1.29 is 15.7 Å². The molecule has 2 atom stereocenters. The van der Waals surface area contributed by atoms with Crippen LogP contribution in [0.25, 0.3) is 0 Å². The van der Waals surface area contributed by atoms with Gasteiger partial charge in [-0.1, -0.05) is 27.7 Å². The Hall–Kier alpha value is -0.650. The summed E-state index contributed by atoms with van der Waals surface area (Å²) in [4.78, 5) is 14.2. The van der Waals surface area contributed by atoms with E-state index < -0.39 is 0 Å². The van der Waals surface area contributed by atoms with Gasteiger partial charge in [0.1, 0.15) is 0 Å². The number of rotatable bonds is 11. The maximum absolute atomic E-state index is 11.8. The number of carbonyl (C=O) groups is 1. The van der Waals surface area contributed by atoms with Crippen LogP contribution in [0.2, 0.25) is 0 Å². The summed E-state index contributed by atoms with van der Waals surface area (Å²) in [6, 6.07) is 0. The highest BCUT2D eigenvalue weighted by Crippen LogP contribution is 2.06. The molecule has 1 heterocycles. The number of nitrogens with one attached hydrogen (secondary N) is 1. The predicted molar refractivity (Wildman–Crippen MR) is 95.6 cm³/mol. The zero-order valence-corrected chi connectivity index (χ0v) is 15.5. The fourth-order valence-corrected chi connectivity index (χ4v) is 2.57. The second-order valence-electron chi connectivity index (χ2n) is 7.00. The van der Waals surface area contributed by atoms with Crippen LogP contribution in [0.5, 0.6) is 0 Å². The maximum atomic E-state index is 11.8. The second-order valence-corrected chi connectivity index (χ2v) is 7.00. The van der Waals surface area contributed by atoms with Crippen LogP contribution in [-0.4, -0.2) is 62.9 Å². The summed E-state index contributed by atoms with van der Waals surface area (Å²) in [7, 11) is 0. The van der Waals surface area contributed by atoms with Crippen LogP contribution in [0.4, 0.5) is 0 Å². The highest BCUT2D eigenvalue weighted by molar-refractivity contribution is 5.78. The number of nitrogens with zero attached hydrogens (tertiary/aromatic N) is 1. The van der Waals surface area contributed by atoms with Gasteiger partial charge < -0.3 is 14.8 Å². The Bertz CT molecular complexity index is 329. The van der Waals surface area contributed by atoms with E-state index >= 15 is 0 Å².